The molecule has 0 saturated carbocycles. The maximum Gasteiger partial charge on any atom is 0.340 e. The van der Waals surface area contributed by atoms with Crippen LogP contribution in [0, 0.1) is 10.1 Å². The lowest BCUT2D eigenvalue weighted by atomic mass is 10.3. The molecule has 0 radical (unpaired) electrons. The lowest BCUT2D eigenvalue weighted by Crippen LogP contribution is -2.00. The lowest BCUT2D eigenvalue weighted by molar-refractivity contribution is -0.384. The number of carbonyl (C=O) groups is 1. The van der Waals surface area contributed by atoms with Crippen molar-refractivity contribution in [3.8, 4) is 5.69 Å². The maximum atomic E-state index is 10.9. The van der Waals surface area contributed by atoms with Gasteiger partial charge in [-0.25, -0.2) is 9.48 Å². The van der Waals surface area contributed by atoms with Gasteiger partial charge in [0.1, 0.15) is 10.2 Å². The summed E-state index contributed by atoms with van der Waals surface area (Å²) in [6, 6.07) is 5.75. The molecule has 2 aromatic rings. The number of hydrogen-bond donors (Lipinski definition) is 1. The Morgan fingerprint density at radius 2 is 2.22 bits per heavy atom. The Bertz CT molecular complexity index is 638. The second-order valence-corrected chi connectivity index (χ2v) is 4.09. The van der Waals surface area contributed by atoms with Gasteiger partial charge in [-0.2, -0.15) is 5.10 Å². The van der Waals surface area contributed by atoms with Crippen LogP contribution in [0.3, 0.4) is 0 Å². The van der Waals surface area contributed by atoms with Gasteiger partial charge in [-0.3, -0.25) is 10.1 Å². The van der Waals surface area contributed by atoms with Gasteiger partial charge in [-0.05, 0) is 22.0 Å². The lowest BCUT2D eigenvalue weighted by Gasteiger charge is -2.02. The van der Waals surface area contributed by atoms with E-state index in [1.165, 1.54) is 29.1 Å². The molecule has 0 spiro atoms. The first-order chi connectivity index (χ1) is 8.50. The van der Waals surface area contributed by atoms with E-state index in [1.54, 1.807) is 6.07 Å². The number of nitrogens with zero attached hydrogens (tertiary/aromatic N) is 3. The minimum atomic E-state index is -1.13. The smallest absolute Gasteiger partial charge is 0.340 e. The topological polar surface area (TPSA) is 98.3 Å². The molecule has 8 heteroatoms. The Hall–Kier alpha value is -2.22. The van der Waals surface area contributed by atoms with Crippen molar-refractivity contribution in [2.24, 2.45) is 0 Å². The number of carboxylic acids is 1. The maximum absolute atomic E-state index is 10.9. The number of rotatable bonds is 3. The third-order valence-corrected chi connectivity index (χ3v) is 2.99. The molecule has 0 fully saturated rings. The fraction of sp³-hybridized carbons (Fsp3) is 0. The third kappa shape index (κ3) is 2.09. The molecule has 1 heterocycles. The average molecular weight is 312 g/mol. The highest BCUT2D eigenvalue weighted by Crippen LogP contribution is 2.23. The zero-order valence-corrected chi connectivity index (χ0v) is 10.4. The van der Waals surface area contributed by atoms with Gasteiger partial charge in [0, 0.05) is 12.1 Å². The van der Waals surface area contributed by atoms with Gasteiger partial charge in [-0.15, -0.1) is 0 Å². The molecule has 1 aromatic heterocycles. The summed E-state index contributed by atoms with van der Waals surface area (Å²) in [4.78, 5) is 21.0. The minimum absolute atomic E-state index is 0.0125. The number of aromatic nitrogens is 2. The summed E-state index contributed by atoms with van der Waals surface area (Å²) in [5.74, 6) is -1.13. The molecule has 0 aliphatic heterocycles. The molecule has 0 atom stereocenters. The highest BCUT2D eigenvalue weighted by atomic mass is 79.9. The van der Waals surface area contributed by atoms with Gasteiger partial charge < -0.3 is 5.11 Å². The standard InChI is InChI=1S/C10H6BrN3O4/c11-9-8(10(15)16)5-12-13(9)6-2-1-3-7(4-6)14(17)18/h1-5H,(H,15,16). The number of aromatic carboxylic acids is 1. The van der Waals surface area contributed by atoms with Crippen molar-refractivity contribution in [3.63, 3.8) is 0 Å². The Balaban J connectivity index is 2.52. The summed E-state index contributed by atoms with van der Waals surface area (Å²) in [6.07, 6.45) is 1.17. The van der Waals surface area contributed by atoms with E-state index in [2.05, 4.69) is 21.0 Å². The Labute approximate surface area is 109 Å². The molecule has 1 aromatic carbocycles. The second kappa shape index (κ2) is 4.57. The van der Waals surface area contributed by atoms with Crippen molar-refractivity contribution in [3.05, 3.63) is 50.7 Å². The van der Waals surface area contributed by atoms with Crippen LogP contribution in [0.15, 0.2) is 35.1 Å². The summed E-state index contributed by atoms with van der Waals surface area (Å²) >= 11 is 3.10. The van der Waals surface area contributed by atoms with Crippen LogP contribution < -0.4 is 0 Å². The third-order valence-electron chi connectivity index (χ3n) is 2.23. The van der Waals surface area contributed by atoms with Crippen molar-refractivity contribution < 1.29 is 14.8 Å². The SMILES string of the molecule is O=C(O)c1cnn(-c2cccc([N+](=O)[O-])c2)c1Br. The number of carboxylic acid groups (broad SMARTS) is 1. The first kappa shape index (κ1) is 12.2. The predicted octanol–water partition coefficient (Wildman–Crippen LogP) is 2.24. The number of halogens is 1. The number of benzene rings is 1. The van der Waals surface area contributed by atoms with Crippen LogP contribution in [-0.2, 0) is 0 Å². The molecule has 18 heavy (non-hydrogen) atoms. The molecular weight excluding hydrogens is 306 g/mol. The van der Waals surface area contributed by atoms with E-state index in [0.717, 1.165) is 0 Å². The zero-order valence-electron chi connectivity index (χ0n) is 8.78. The van der Waals surface area contributed by atoms with Crippen molar-refractivity contribution >= 4 is 27.6 Å². The molecule has 0 amide bonds. The van der Waals surface area contributed by atoms with Crippen LogP contribution in [0.25, 0.3) is 5.69 Å². The van der Waals surface area contributed by atoms with Gasteiger partial charge in [-0.1, -0.05) is 6.07 Å². The summed E-state index contributed by atoms with van der Waals surface area (Å²) in [5.41, 5.74) is 0.303. The van der Waals surface area contributed by atoms with E-state index in [-0.39, 0.29) is 15.9 Å². The second-order valence-electron chi connectivity index (χ2n) is 3.34. The van der Waals surface area contributed by atoms with Crippen molar-refractivity contribution in [2.45, 2.75) is 0 Å². The summed E-state index contributed by atoms with van der Waals surface area (Å²) in [7, 11) is 0. The number of nitro groups is 1. The quantitative estimate of drug-likeness (QED) is 0.692. The molecule has 0 saturated heterocycles. The van der Waals surface area contributed by atoms with Crippen LogP contribution in [0.5, 0.6) is 0 Å². The molecular formula is C10H6BrN3O4. The van der Waals surface area contributed by atoms with E-state index < -0.39 is 10.9 Å². The van der Waals surface area contributed by atoms with Crippen molar-refractivity contribution in [2.75, 3.05) is 0 Å². The number of non-ortho nitro benzene ring substituents is 1. The Morgan fingerprint density at radius 3 is 2.78 bits per heavy atom. The molecule has 1 N–H and O–H groups in total. The van der Waals surface area contributed by atoms with Crippen LogP contribution in [-0.4, -0.2) is 25.8 Å². The van der Waals surface area contributed by atoms with Crippen LogP contribution in [0.1, 0.15) is 10.4 Å². The average Bonchev–Trinajstić information content (AvgIpc) is 2.71. The first-order valence-electron chi connectivity index (χ1n) is 4.72. The van der Waals surface area contributed by atoms with Crippen LogP contribution in [0.4, 0.5) is 5.69 Å². The molecule has 0 aliphatic carbocycles. The fourth-order valence-corrected chi connectivity index (χ4v) is 1.96. The minimum Gasteiger partial charge on any atom is -0.478 e. The molecule has 92 valence electrons. The molecule has 7 nitrogen and oxygen atoms in total. The molecule has 0 unspecified atom stereocenters. The van der Waals surface area contributed by atoms with Gasteiger partial charge >= 0.3 is 5.97 Å². The van der Waals surface area contributed by atoms with E-state index >= 15 is 0 Å². The summed E-state index contributed by atoms with van der Waals surface area (Å²) in [6.45, 7) is 0. The summed E-state index contributed by atoms with van der Waals surface area (Å²) in [5, 5.41) is 23.4. The van der Waals surface area contributed by atoms with Gasteiger partial charge in [0.05, 0.1) is 16.8 Å². The predicted molar refractivity (Wildman–Crippen MR) is 64.9 cm³/mol. The Morgan fingerprint density at radius 1 is 1.50 bits per heavy atom. The summed E-state index contributed by atoms with van der Waals surface area (Å²) < 4.78 is 1.51. The highest BCUT2D eigenvalue weighted by molar-refractivity contribution is 9.10. The normalized spacial score (nSPS) is 10.3. The van der Waals surface area contributed by atoms with E-state index in [9.17, 15) is 14.9 Å². The van der Waals surface area contributed by atoms with Crippen molar-refractivity contribution in [1.29, 1.82) is 0 Å². The molecule has 2 rings (SSSR count). The highest BCUT2D eigenvalue weighted by Gasteiger charge is 2.16. The van der Waals surface area contributed by atoms with E-state index in [0.29, 0.717) is 5.69 Å². The molecule has 0 bridgehead atoms. The number of nitro benzene ring substituents is 1. The van der Waals surface area contributed by atoms with Crippen molar-refractivity contribution in [1.82, 2.24) is 9.78 Å². The largest absolute Gasteiger partial charge is 0.478 e. The van der Waals surface area contributed by atoms with Gasteiger partial charge in [0.15, 0.2) is 0 Å². The first-order valence-corrected chi connectivity index (χ1v) is 5.51. The number of hydrogen-bond acceptors (Lipinski definition) is 4. The zero-order chi connectivity index (χ0) is 13.3. The fourth-order valence-electron chi connectivity index (χ4n) is 1.40. The Kier molecular flexibility index (Phi) is 3.11. The van der Waals surface area contributed by atoms with E-state index in [1.807, 2.05) is 0 Å². The van der Waals surface area contributed by atoms with Crippen LogP contribution >= 0.6 is 15.9 Å². The van der Waals surface area contributed by atoms with Crippen LogP contribution in [0.2, 0.25) is 0 Å². The van der Waals surface area contributed by atoms with Gasteiger partial charge in [0.25, 0.3) is 5.69 Å². The van der Waals surface area contributed by atoms with E-state index in [4.69, 9.17) is 5.11 Å². The van der Waals surface area contributed by atoms with Gasteiger partial charge in [0.2, 0.25) is 0 Å². The monoisotopic (exact) mass is 311 g/mol. The molecule has 0 aliphatic rings.